The molecular weight excluding hydrogens is 352 g/mol. The Morgan fingerprint density at radius 3 is 2.50 bits per heavy atom. The van der Waals surface area contributed by atoms with Crippen molar-refractivity contribution in [2.24, 2.45) is 0 Å². The molecule has 3 rings (SSSR count). The zero-order valence-corrected chi connectivity index (χ0v) is 16.7. The molecule has 0 bridgehead atoms. The van der Waals surface area contributed by atoms with Gasteiger partial charge in [-0.05, 0) is 41.7 Å². The summed E-state index contributed by atoms with van der Waals surface area (Å²) in [6, 6.07) is 16.1. The van der Waals surface area contributed by atoms with Gasteiger partial charge in [0.2, 0.25) is 0 Å². The van der Waals surface area contributed by atoms with Gasteiger partial charge >= 0.3 is 0 Å². The Morgan fingerprint density at radius 2 is 1.79 bits per heavy atom. The van der Waals surface area contributed by atoms with E-state index in [-0.39, 0.29) is 11.5 Å². The lowest BCUT2D eigenvalue weighted by Gasteiger charge is -2.11. The van der Waals surface area contributed by atoms with Gasteiger partial charge < -0.3 is 14.6 Å². The normalized spacial score (nSPS) is 11.1. The quantitative estimate of drug-likeness (QED) is 0.543. The molecule has 0 atom stereocenters. The molecule has 0 aliphatic heterocycles. The highest BCUT2D eigenvalue weighted by molar-refractivity contribution is 5.38. The lowest BCUT2D eigenvalue weighted by Crippen LogP contribution is -2.09. The average Bonchev–Trinajstić information content (AvgIpc) is 3.05. The molecule has 1 aromatic heterocycles. The van der Waals surface area contributed by atoms with E-state index in [4.69, 9.17) is 9.47 Å². The van der Waals surface area contributed by atoms with Gasteiger partial charge in [0, 0.05) is 17.7 Å². The number of H-pyrrole nitrogens is 2. The zero-order chi connectivity index (χ0) is 19.9. The van der Waals surface area contributed by atoms with Crippen molar-refractivity contribution in [3.05, 3.63) is 86.8 Å². The minimum Gasteiger partial charge on any atom is -0.491 e. The molecule has 0 saturated heterocycles. The van der Waals surface area contributed by atoms with Crippen LogP contribution in [0.4, 0.5) is 0 Å². The molecule has 28 heavy (non-hydrogen) atoms. The van der Waals surface area contributed by atoms with E-state index < -0.39 is 0 Å². The number of hydrogen-bond acceptors (Lipinski definition) is 3. The van der Waals surface area contributed by atoms with Gasteiger partial charge in [-0.15, -0.1) is 0 Å². The summed E-state index contributed by atoms with van der Waals surface area (Å²) >= 11 is 0. The molecular formula is C23H28N2O3. The summed E-state index contributed by atoms with van der Waals surface area (Å²) in [4.78, 5) is 12.1. The minimum atomic E-state index is -0.0426. The molecule has 0 aliphatic rings. The topological polar surface area (TPSA) is 67.1 Å². The third-order valence-electron chi connectivity index (χ3n) is 4.78. The first kappa shape index (κ1) is 20.0. The van der Waals surface area contributed by atoms with Crippen molar-refractivity contribution < 1.29 is 9.47 Å². The second kappa shape index (κ2) is 9.42. The van der Waals surface area contributed by atoms with Crippen molar-refractivity contribution in [2.75, 3.05) is 13.2 Å². The fourth-order valence-electron chi connectivity index (χ4n) is 3.20. The highest BCUT2D eigenvalue weighted by Gasteiger charge is 2.14. The summed E-state index contributed by atoms with van der Waals surface area (Å²) in [7, 11) is 0. The van der Waals surface area contributed by atoms with E-state index in [2.05, 4.69) is 24.0 Å². The first-order valence-corrected chi connectivity index (χ1v) is 9.68. The maximum atomic E-state index is 12.1. The first-order valence-electron chi connectivity index (χ1n) is 9.68. The molecule has 2 N–H and O–H groups in total. The van der Waals surface area contributed by atoms with Crippen molar-refractivity contribution in [3.8, 4) is 5.75 Å². The molecule has 0 aliphatic carbocycles. The van der Waals surface area contributed by atoms with E-state index in [1.807, 2.05) is 55.5 Å². The van der Waals surface area contributed by atoms with Crippen LogP contribution in [0, 0.1) is 6.92 Å². The number of aryl methyl sites for hydroxylation is 1. The number of aromatic amines is 2. The van der Waals surface area contributed by atoms with Gasteiger partial charge in [-0.25, -0.2) is 0 Å². The van der Waals surface area contributed by atoms with E-state index in [1.165, 1.54) is 0 Å². The molecule has 0 spiro atoms. The lowest BCUT2D eigenvalue weighted by molar-refractivity contribution is 0.0889. The highest BCUT2D eigenvalue weighted by atomic mass is 16.5. The highest BCUT2D eigenvalue weighted by Crippen LogP contribution is 2.22. The van der Waals surface area contributed by atoms with Crippen LogP contribution < -0.4 is 10.3 Å². The maximum absolute atomic E-state index is 12.1. The summed E-state index contributed by atoms with van der Waals surface area (Å²) in [5.41, 5.74) is 5.13. The van der Waals surface area contributed by atoms with Gasteiger partial charge in [-0.3, -0.25) is 9.89 Å². The van der Waals surface area contributed by atoms with Gasteiger partial charge in [-0.1, -0.05) is 50.2 Å². The summed E-state index contributed by atoms with van der Waals surface area (Å²) in [5, 5.41) is 5.70. The second-order valence-electron chi connectivity index (χ2n) is 7.28. The number of ether oxygens (including phenoxy) is 2. The van der Waals surface area contributed by atoms with Crippen LogP contribution in [0.15, 0.2) is 53.3 Å². The van der Waals surface area contributed by atoms with Crippen LogP contribution in [0.2, 0.25) is 0 Å². The van der Waals surface area contributed by atoms with E-state index in [0.29, 0.717) is 26.2 Å². The molecule has 2 aromatic carbocycles. The van der Waals surface area contributed by atoms with Gasteiger partial charge in [0.1, 0.15) is 12.4 Å². The Bertz CT molecular complexity index is 942. The minimum absolute atomic E-state index is 0.0426. The SMILES string of the molecule is Cc1cc(OCCOCc2ccccc2)ccc1Cc1c(C(C)C)[nH][nH]c1=O. The number of rotatable bonds is 9. The van der Waals surface area contributed by atoms with Crippen molar-refractivity contribution in [1.82, 2.24) is 10.2 Å². The van der Waals surface area contributed by atoms with Crippen LogP contribution in [-0.4, -0.2) is 23.4 Å². The van der Waals surface area contributed by atoms with Crippen molar-refractivity contribution >= 4 is 0 Å². The molecule has 1 heterocycles. The van der Waals surface area contributed by atoms with Crippen molar-refractivity contribution in [3.63, 3.8) is 0 Å². The lowest BCUT2D eigenvalue weighted by atomic mass is 9.97. The van der Waals surface area contributed by atoms with Crippen LogP contribution in [0.1, 0.15) is 47.7 Å². The van der Waals surface area contributed by atoms with Crippen LogP contribution >= 0.6 is 0 Å². The standard InChI is InChI=1S/C23H28N2O3/c1-16(2)22-21(23(26)25-24-22)14-19-9-10-20(13-17(19)3)28-12-11-27-15-18-7-5-4-6-8-18/h4-10,13,16H,11-12,14-15H2,1-3H3,(H2,24,25,26). The molecule has 0 radical (unpaired) electrons. The van der Waals surface area contributed by atoms with Crippen LogP contribution in [0.3, 0.4) is 0 Å². The maximum Gasteiger partial charge on any atom is 0.267 e. The molecule has 5 heteroatoms. The van der Waals surface area contributed by atoms with Crippen LogP contribution in [-0.2, 0) is 17.8 Å². The van der Waals surface area contributed by atoms with E-state index >= 15 is 0 Å². The molecule has 0 fully saturated rings. The monoisotopic (exact) mass is 380 g/mol. The predicted molar refractivity (Wildman–Crippen MR) is 111 cm³/mol. The summed E-state index contributed by atoms with van der Waals surface area (Å²) in [6.45, 7) is 7.82. The van der Waals surface area contributed by atoms with Crippen molar-refractivity contribution in [2.45, 2.75) is 39.7 Å². The van der Waals surface area contributed by atoms with Crippen LogP contribution in [0.5, 0.6) is 5.75 Å². The van der Waals surface area contributed by atoms with E-state index in [1.54, 1.807) is 0 Å². The summed E-state index contributed by atoms with van der Waals surface area (Å²) in [5.74, 6) is 1.09. The fourth-order valence-corrected chi connectivity index (χ4v) is 3.20. The molecule has 0 amide bonds. The molecule has 148 valence electrons. The van der Waals surface area contributed by atoms with Gasteiger partial charge in [0.05, 0.1) is 13.2 Å². The summed E-state index contributed by atoms with van der Waals surface area (Å²) < 4.78 is 11.4. The van der Waals surface area contributed by atoms with Crippen molar-refractivity contribution in [1.29, 1.82) is 0 Å². The van der Waals surface area contributed by atoms with Crippen LogP contribution in [0.25, 0.3) is 0 Å². The zero-order valence-electron chi connectivity index (χ0n) is 16.7. The second-order valence-corrected chi connectivity index (χ2v) is 7.28. The molecule has 0 unspecified atom stereocenters. The first-order chi connectivity index (χ1) is 13.5. The van der Waals surface area contributed by atoms with Gasteiger partial charge in [0.25, 0.3) is 5.56 Å². The van der Waals surface area contributed by atoms with Gasteiger partial charge in [0.15, 0.2) is 0 Å². The fraction of sp³-hybridized carbons (Fsp3) is 0.348. The third kappa shape index (κ3) is 5.14. The largest absolute Gasteiger partial charge is 0.491 e. The smallest absolute Gasteiger partial charge is 0.267 e. The molecule has 5 nitrogen and oxygen atoms in total. The summed E-state index contributed by atoms with van der Waals surface area (Å²) in [6.07, 6.45) is 0.610. The predicted octanol–water partition coefficient (Wildman–Crippen LogP) is 4.32. The number of aromatic nitrogens is 2. The Morgan fingerprint density at radius 1 is 1.00 bits per heavy atom. The van der Waals surface area contributed by atoms with E-state index in [9.17, 15) is 4.79 Å². The number of benzene rings is 2. The molecule has 0 saturated carbocycles. The average molecular weight is 380 g/mol. The number of hydrogen-bond donors (Lipinski definition) is 2. The number of nitrogens with one attached hydrogen (secondary N) is 2. The molecule has 3 aromatic rings. The Kier molecular flexibility index (Phi) is 6.71. The van der Waals surface area contributed by atoms with Gasteiger partial charge in [-0.2, -0.15) is 0 Å². The Labute approximate surface area is 165 Å². The third-order valence-corrected chi connectivity index (χ3v) is 4.78. The van der Waals surface area contributed by atoms with E-state index in [0.717, 1.165) is 33.7 Å². The Balaban J connectivity index is 1.53. The Hall–Kier alpha value is -2.79.